The monoisotopic (exact) mass is 292 g/mol. The Balaban J connectivity index is 1.53. The van der Waals surface area contributed by atoms with E-state index >= 15 is 0 Å². The van der Waals surface area contributed by atoms with Crippen molar-refractivity contribution in [2.24, 2.45) is 17.8 Å². The zero-order chi connectivity index (χ0) is 13.9. The second kappa shape index (κ2) is 6.50. The third-order valence-corrected chi connectivity index (χ3v) is 6.13. The van der Waals surface area contributed by atoms with Crippen LogP contribution in [0.3, 0.4) is 0 Å². The van der Waals surface area contributed by atoms with Gasteiger partial charge in [-0.25, -0.2) is 0 Å². The van der Waals surface area contributed by atoms with E-state index in [9.17, 15) is 0 Å². The van der Waals surface area contributed by atoms with Gasteiger partial charge in [-0.1, -0.05) is 18.6 Å². The predicted molar refractivity (Wildman–Crippen MR) is 82.9 cm³/mol. The van der Waals surface area contributed by atoms with Crippen molar-refractivity contribution in [1.29, 1.82) is 0 Å². The van der Waals surface area contributed by atoms with Gasteiger partial charge in [-0.3, -0.25) is 0 Å². The first-order valence-corrected chi connectivity index (χ1v) is 8.57. The molecule has 0 amide bonds. The molecule has 20 heavy (non-hydrogen) atoms. The molecule has 0 aromatic heterocycles. The molecule has 3 atom stereocenters. The Morgan fingerprint density at radius 2 is 1.85 bits per heavy atom. The van der Waals surface area contributed by atoms with Crippen LogP contribution in [0, 0.1) is 17.8 Å². The minimum absolute atomic E-state index is 0.250. The molecular weight excluding hydrogens is 268 g/mol. The number of fused-ring (bicyclic) bond motifs is 2. The molecule has 2 fully saturated rings. The second-order valence-electron chi connectivity index (χ2n) is 6.12. The van der Waals surface area contributed by atoms with E-state index < -0.39 is 0 Å². The van der Waals surface area contributed by atoms with Crippen LogP contribution < -0.4 is 0 Å². The maximum Gasteiger partial charge on any atom is 0.183 e. The van der Waals surface area contributed by atoms with Crippen molar-refractivity contribution in [3.63, 3.8) is 0 Å². The molecule has 3 unspecified atom stereocenters. The van der Waals surface area contributed by atoms with Crippen LogP contribution in [0.2, 0.25) is 0 Å². The fourth-order valence-electron chi connectivity index (χ4n) is 3.87. The highest BCUT2D eigenvalue weighted by molar-refractivity contribution is 7.99. The summed E-state index contributed by atoms with van der Waals surface area (Å²) in [5.41, 5.74) is 1.08. The fraction of sp³-hybridized carbons (Fsp3) is 0.647. The SMILES string of the molecule is COC(OC)c1ccc(SCC2CC3CCC2C3)cc1. The summed E-state index contributed by atoms with van der Waals surface area (Å²) in [6.45, 7) is 0. The Bertz CT molecular complexity index is 427. The van der Waals surface area contributed by atoms with Gasteiger partial charge in [-0.05, 0) is 49.1 Å². The molecule has 2 nitrogen and oxygen atoms in total. The molecule has 2 bridgehead atoms. The van der Waals surface area contributed by atoms with Crippen LogP contribution in [0.4, 0.5) is 0 Å². The average molecular weight is 292 g/mol. The van der Waals surface area contributed by atoms with E-state index in [4.69, 9.17) is 9.47 Å². The Kier molecular flexibility index (Phi) is 4.69. The van der Waals surface area contributed by atoms with E-state index in [1.807, 2.05) is 11.8 Å². The molecular formula is C17H24O2S. The van der Waals surface area contributed by atoms with Crippen molar-refractivity contribution >= 4 is 11.8 Å². The summed E-state index contributed by atoms with van der Waals surface area (Å²) < 4.78 is 10.5. The van der Waals surface area contributed by atoms with Gasteiger partial charge >= 0.3 is 0 Å². The standard InChI is InChI=1S/C17H24O2S/c1-18-17(19-2)13-5-7-16(8-6-13)20-11-15-10-12-3-4-14(15)9-12/h5-8,12,14-15,17H,3-4,9-11H2,1-2H3. The van der Waals surface area contributed by atoms with Gasteiger partial charge < -0.3 is 9.47 Å². The highest BCUT2D eigenvalue weighted by atomic mass is 32.2. The smallest absolute Gasteiger partial charge is 0.183 e. The van der Waals surface area contributed by atoms with Gasteiger partial charge in [0.15, 0.2) is 6.29 Å². The molecule has 0 N–H and O–H groups in total. The Morgan fingerprint density at radius 3 is 2.40 bits per heavy atom. The predicted octanol–water partition coefficient (Wildman–Crippen LogP) is 4.51. The van der Waals surface area contributed by atoms with Crippen LogP contribution in [0.1, 0.15) is 37.5 Å². The Morgan fingerprint density at radius 1 is 1.10 bits per heavy atom. The quantitative estimate of drug-likeness (QED) is 0.568. The lowest BCUT2D eigenvalue weighted by molar-refractivity contribution is -0.106. The molecule has 0 radical (unpaired) electrons. The zero-order valence-corrected chi connectivity index (χ0v) is 13.2. The van der Waals surface area contributed by atoms with E-state index in [-0.39, 0.29) is 6.29 Å². The van der Waals surface area contributed by atoms with Crippen LogP contribution in [-0.2, 0) is 9.47 Å². The van der Waals surface area contributed by atoms with Crippen LogP contribution >= 0.6 is 11.8 Å². The van der Waals surface area contributed by atoms with E-state index in [1.54, 1.807) is 14.2 Å². The van der Waals surface area contributed by atoms with E-state index in [0.717, 1.165) is 23.3 Å². The molecule has 110 valence electrons. The lowest BCUT2D eigenvalue weighted by atomic mass is 9.90. The first-order valence-electron chi connectivity index (χ1n) is 7.58. The summed E-state index contributed by atoms with van der Waals surface area (Å²) in [5.74, 6) is 4.33. The van der Waals surface area contributed by atoms with Gasteiger partial charge in [0.1, 0.15) is 0 Å². The lowest BCUT2D eigenvalue weighted by Gasteiger charge is -2.21. The zero-order valence-electron chi connectivity index (χ0n) is 12.4. The Labute approximate surface area is 126 Å². The maximum atomic E-state index is 5.27. The van der Waals surface area contributed by atoms with E-state index in [0.29, 0.717) is 0 Å². The lowest BCUT2D eigenvalue weighted by Crippen LogP contribution is -2.12. The number of thioether (sulfide) groups is 1. The maximum absolute atomic E-state index is 5.27. The molecule has 3 heteroatoms. The van der Waals surface area contributed by atoms with E-state index in [2.05, 4.69) is 24.3 Å². The van der Waals surface area contributed by atoms with Gasteiger partial charge in [0.25, 0.3) is 0 Å². The van der Waals surface area contributed by atoms with Crippen molar-refractivity contribution in [1.82, 2.24) is 0 Å². The van der Waals surface area contributed by atoms with Crippen molar-refractivity contribution in [3.8, 4) is 0 Å². The van der Waals surface area contributed by atoms with Crippen molar-refractivity contribution < 1.29 is 9.47 Å². The molecule has 0 aliphatic heterocycles. The van der Waals surface area contributed by atoms with Crippen molar-refractivity contribution in [3.05, 3.63) is 29.8 Å². The fourth-order valence-corrected chi connectivity index (χ4v) is 5.02. The third kappa shape index (κ3) is 3.05. The summed E-state index contributed by atoms with van der Waals surface area (Å²) in [4.78, 5) is 1.36. The third-order valence-electron chi connectivity index (χ3n) is 4.93. The molecule has 2 aliphatic rings. The minimum Gasteiger partial charge on any atom is -0.352 e. The summed E-state index contributed by atoms with van der Waals surface area (Å²) in [5, 5.41) is 0. The first-order chi connectivity index (χ1) is 9.80. The van der Waals surface area contributed by atoms with Crippen molar-refractivity contribution in [2.75, 3.05) is 20.0 Å². The normalized spacial score (nSPS) is 28.4. The highest BCUT2D eigenvalue weighted by Gasteiger charge is 2.39. The average Bonchev–Trinajstić information content (AvgIpc) is 3.10. The highest BCUT2D eigenvalue weighted by Crippen LogP contribution is 2.49. The minimum atomic E-state index is -0.250. The largest absolute Gasteiger partial charge is 0.352 e. The molecule has 0 saturated heterocycles. The molecule has 2 saturated carbocycles. The molecule has 0 heterocycles. The Hall–Kier alpha value is -0.510. The molecule has 0 spiro atoms. The molecule has 2 aliphatic carbocycles. The van der Waals surface area contributed by atoms with Gasteiger partial charge in [-0.2, -0.15) is 0 Å². The summed E-state index contributed by atoms with van der Waals surface area (Å²) in [7, 11) is 3.35. The van der Waals surface area contributed by atoms with Crippen molar-refractivity contribution in [2.45, 2.75) is 36.9 Å². The number of methoxy groups -OCH3 is 2. The van der Waals surface area contributed by atoms with Crippen LogP contribution in [-0.4, -0.2) is 20.0 Å². The van der Waals surface area contributed by atoms with Crippen LogP contribution in [0.15, 0.2) is 29.2 Å². The molecule has 1 aromatic carbocycles. The number of hydrogen-bond acceptors (Lipinski definition) is 3. The van der Waals surface area contributed by atoms with Gasteiger partial charge in [0.2, 0.25) is 0 Å². The van der Waals surface area contributed by atoms with Gasteiger partial charge in [0, 0.05) is 30.4 Å². The van der Waals surface area contributed by atoms with Gasteiger partial charge in [-0.15, -0.1) is 11.8 Å². The summed E-state index contributed by atoms with van der Waals surface area (Å²) in [6, 6.07) is 8.61. The number of rotatable bonds is 6. The van der Waals surface area contributed by atoms with E-state index in [1.165, 1.54) is 36.3 Å². The topological polar surface area (TPSA) is 18.5 Å². The first kappa shape index (κ1) is 14.4. The number of benzene rings is 1. The summed E-state index contributed by atoms with van der Waals surface area (Å²) >= 11 is 2.01. The van der Waals surface area contributed by atoms with Crippen LogP contribution in [0.5, 0.6) is 0 Å². The molecule has 1 aromatic rings. The van der Waals surface area contributed by atoms with Crippen LogP contribution in [0.25, 0.3) is 0 Å². The molecule has 3 rings (SSSR count). The number of hydrogen-bond donors (Lipinski definition) is 0. The second-order valence-corrected chi connectivity index (χ2v) is 7.21. The van der Waals surface area contributed by atoms with Gasteiger partial charge in [0.05, 0.1) is 0 Å². The number of ether oxygens (including phenoxy) is 2. The summed E-state index contributed by atoms with van der Waals surface area (Å²) in [6.07, 6.45) is 5.71.